The highest BCUT2D eigenvalue weighted by Gasteiger charge is 2.18. The third-order valence-corrected chi connectivity index (χ3v) is 5.50. The van der Waals surface area contributed by atoms with E-state index in [4.69, 9.17) is 4.74 Å². The molecule has 1 heterocycles. The Morgan fingerprint density at radius 2 is 1.74 bits per heavy atom. The lowest BCUT2D eigenvalue weighted by atomic mass is 9.99. The zero-order valence-corrected chi connectivity index (χ0v) is 21.2. The Labute approximate surface area is 202 Å². The van der Waals surface area contributed by atoms with E-state index in [1.54, 1.807) is 0 Å². The van der Waals surface area contributed by atoms with Gasteiger partial charge < -0.3 is 20.4 Å². The Hall–Kier alpha value is -3.28. The number of amides is 2. The zero-order valence-electron chi connectivity index (χ0n) is 21.2. The third kappa shape index (κ3) is 6.86. The van der Waals surface area contributed by atoms with E-state index in [-0.39, 0.29) is 5.91 Å². The highest BCUT2D eigenvalue weighted by atomic mass is 16.6. The second-order valence-electron chi connectivity index (χ2n) is 9.95. The van der Waals surface area contributed by atoms with Crippen LogP contribution in [0.15, 0.2) is 36.4 Å². The van der Waals surface area contributed by atoms with E-state index in [2.05, 4.69) is 54.6 Å². The minimum Gasteiger partial charge on any atom is -0.444 e. The molecule has 3 aromatic rings. The van der Waals surface area contributed by atoms with Crippen molar-refractivity contribution < 1.29 is 14.3 Å². The van der Waals surface area contributed by atoms with Crippen LogP contribution >= 0.6 is 0 Å². The van der Waals surface area contributed by atoms with Gasteiger partial charge in [0.25, 0.3) is 0 Å². The smallest absolute Gasteiger partial charge is 0.407 e. The number of fused-ring (bicyclic) bond motifs is 1. The number of hydrogen-bond acceptors (Lipinski definition) is 3. The summed E-state index contributed by atoms with van der Waals surface area (Å²) in [5.41, 5.74) is 6.84. The number of unbranched alkanes of at least 4 members (excludes halogenated alkanes) is 1. The van der Waals surface area contributed by atoms with Gasteiger partial charge in [0.15, 0.2) is 0 Å². The molecule has 0 aliphatic rings. The Balaban J connectivity index is 1.94. The molecule has 3 N–H and O–H groups in total. The predicted molar refractivity (Wildman–Crippen MR) is 139 cm³/mol. The lowest BCUT2D eigenvalue weighted by Gasteiger charge is -2.19. The number of benzene rings is 2. The maximum atomic E-state index is 12.3. The molecule has 182 valence electrons. The van der Waals surface area contributed by atoms with Crippen LogP contribution in [0.1, 0.15) is 63.6 Å². The first-order valence-electron chi connectivity index (χ1n) is 12.1. The molecule has 1 aromatic heterocycles. The summed E-state index contributed by atoms with van der Waals surface area (Å²) in [6.45, 7) is 12.2. The number of anilines is 1. The average Bonchev–Trinajstić information content (AvgIpc) is 3.08. The van der Waals surface area contributed by atoms with Gasteiger partial charge in [-0.25, -0.2) is 4.79 Å². The number of aryl methyl sites for hydroxylation is 2. The summed E-state index contributed by atoms with van der Waals surface area (Å²) in [4.78, 5) is 28.0. The highest BCUT2D eigenvalue weighted by molar-refractivity contribution is 5.97. The van der Waals surface area contributed by atoms with E-state index in [0.717, 1.165) is 46.3 Å². The van der Waals surface area contributed by atoms with E-state index < -0.39 is 11.7 Å². The fourth-order valence-corrected chi connectivity index (χ4v) is 4.12. The van der Waals surface area contributed by atoms with Crippen molar-refractivity contribution in [2.45, 2.75) is 72.8 Å². The van der Waals surface area contributed by atoms with E-state index in [9.17, 15) is 9.59 Å². The number of aromatic nitrogens is 1. The topological polar surface area (TPSA) is 83.2 Å². The molecule has 6 nitrogen and oxygen atoms in total. The second kappa shape index (κ2) is 10.8. The van der Waals surface area contributed by atoms with Crippen molar-refractivity contribution in [2.75, 3.05) is 11.9 Å². The van der Waals surface area contributed by atoms with Crippen LogP contribution < -0.4 is 10.6 Å². The summed E-state index contributed by atoms with van der Waals surface area (Å²) < 4.78 is 5.38. The summed E-state index contributed by atoms with van der Waals surface area (Å²) >= 11 is 0. The van der Waals surface area contributed by atoms with Gasteiger partial charge in [-0.05, 0) is 88.9 Å². The number of hydrogen-bond donors (Lipinski definition) is 3. The van der Waals surface area contributed by atoms with Crippen molar-refractivity contribution in [2.24, 2.45) is 0 Å². The van der Waals surface area contributed by atoms with Crippen LogP contribution in [0.3, 0.4) is 0 Å². The van der Waals surface area contributed by atoms with E-state index in [1.165, 1.54) is 11.1 Å². The van der Waals surface area contributed by atoms with Crippen molar-refractivity contribution in [3.63, 3.8) is 0 Å². The first kappa shape index (κ1) is 25.3. The van der Waals surface area contributed by atoms with Gasteiger partial charge in [-0.2, -0.15) is 0 Å². The van der Waals surface area contributed by atoms with E-state index in [0.29, 0.717) is 19.4 Å². The van der Waals surface area contributed by atoms with Crippen LogP contribution in [0, 0.1) is 13.8 Å². The van der Waals surface area contributed by atoms with Gasteiger partial charge in [0, 0.05) is 35.2 Å². The van der Waals surface area contributed by atoms with Crippen LogP contribution in [0.2, 0.25) is 0 Å². The molecular formula is C28H37N3O3. The van der Waals surface area contributed by atoms with Crippen molar-refractivity contribution in [1.29, 1.82) is 0 Å². The number of H-pyrrole nitrogens is 1. The minimum atomic E-state index is -0.542. The normalized spacial score (nSPS) is 11.5. The zero-order chi connectivity index (χ0) is 24.9. The summed E-state index contributed by atoms with van der Waals surface area (Å²) in [7, 11) is 0. The van der Waals surface area contributed by atoms with Crippen molar-refractivity contribution in [3.05, 3.63) is 53.1 Å². The third-order valence-electron chi connectivity index (χ3n) is 5.50. The Bertz CT molecular complexity index is 1150. The van der Waals surface area contributed by atoms with Gasteiger partial charge >= 0.3 is 6.09 Å². The number of alkyl carbamates (subject to hydrolysis) is 1. The monoisotopic (exact) mass is 463 g/mol. The van der Waals surface area contributed by atoms with Crippen LogP contribution in [-0.2, 0) is 16.0 Å². The maximum absolute atomic E-state index is 12.3. The molecule has 6 heteroatoms. The highest BCUT2D eigenvalue weighted by Crippen LogP contribution is 2.33. The molecule has 0 saturated carbocycles. The molecule has 34 heavy (non-hydrogen) atoms. The summed E-state index contributed by atoms with van der Waals surface area (Å²) in [5.74, 6) is 0.0272. The molecule has 0 fully saturated rings. The van der Waals surface area contributed by atoms with Crippen LogP contribution in [-0.4, -0.2) is 29.1 Å². The molecule has 3 rings (SSSR count). The Kier molecular flexibility index (Phi) is 8.02. The molecular weight excluding hydrogens is 426 g/mol. The number of nitrogens with one attached hydrogen (secondary N) is 3. The molecule has 0 atom stereocenters. The standard InChI is InChI=1S/C28H37N3O3/c1-7-8-9-25(32)30-21-10-11-24-23(17-21)22(12-13-29-27(33)34-28(4,5)6)26(31-24)20-15-18(2)14-19(3)16-20/h10-11,14-17,31H,7-9,12-13H2,1-6H3,(H,29,33)(H,30,32). The fraction of sp³-hybridized carbons (Fsp3) is 0.429. The van der Waals surface area contributed by atoms with E-state index >= 15 is 0 Å². The van der Waals surface area contributed by atoms with Gasteiger partial charge in [-0.15, -0.1) is 0 Å². The lowest BCUT2D eigenvalue weighted by Crippen LogP contribution is -2.33. The van der Waals surface area contributed by atoms with Crippen molar-refractivity contribution in [3.8, 4) is 11.3 Å². The van der Waals surface area contributed by atoms with Gasteiger partial charge in [-0.1, -0.05) is 30.5 Å². The number of aromatic amines is 1. The quantitative estimate of drug-likeness (QED) is 0.350. The van der Waals surface area contributed by atoms with Crippen LogP contribution in [0.25, 0.3) is 22.2 Å². The van der Waals surface area contributed by atoms with Gasteiger partial charge in [0.2, 0.25) is 5.91 Å². The van der Waals surface area contributed by atoms with Crippen LogP contribution in [0.4, 0.5) is 10.5 Å². The number of rotatable bonds is 8. The molecule has 2 amide bonds. The predicted octanol–water partition coefficient (Wildman–Crippen LogP) is 6.65. The van der Waals surface area contributed by atoms with Crippen LogP contribution in [0.5, 0.6) is 0 Å². The van der Waals surface area contributed by atoms with E-state index in [1.807, 2.05) is 39.0 Å². The maximum Gasteiger partial charge on any atom is 0.407 e. The summed E-state index contributed by atoms with van der Waals surface area (Å²) in [5, 5.41) is 6.93. The average molecular weight is 464 g/mol. The van der Waals surface area contributed by atoms with Crippen molar-refractivity contribution >= 4 is 28.6 Å². The Morgan fingerprint density at radius 3 is 2.38 bits per heavy atom. The SMILES string of the molecule is CCCCC(=O)Nc1ccc2[nH]c(-c3cc(C)cc(C)c3)c(CCNC(=O)OC(C)(C)C)c2c1. The Morgan fingerprint density at radius 1 is 1.03 bits per heavy atom. The number of carbonyl (C=O) groups is 2. The first-order chi connectivity index (χ1) is 16.1. The number of ether oxygens (including phenoxy) is 1. The fourth-order valence-electron chi connectivity index (χ4n) is 4.12. The lowest BCUT2D eigenvalue weighted by molar-refractivity contribution is -0.116. The molecule has 0 bridgehead atoms. The molecule has 0 aliphatic heterocycles. The van der Waals surface area contributed by atoms with Gasteiger partial charge in [0.1, 0.15) is 5.60 Å². The molecule has 0 saturated heterocycles. The molecule has 2 aromatic carbocycles. The summed E-state index contributed by atoms with van der Waals surface area (Å²) in [6, 6.07) is 12.4. The van der Waals surface area contributed by atoms with Gasteiger partial charge in [-0.3, -0.25) is 4.79 Å². The van der Waals surface area contributed by atoms with Crippen molar-refractivity contribution in [1.82, 2.24) is 10.3 Å². The molecule has 0 spiro atoms. The molecule has 0 radical (unpaired) electrons. The largest absolute Gasteiger partial charge is 0.444 e. The first-order valence-corrected chi connectivity index (χ1v) is 12.1. The minimum absolute atomic E-state index is 0.0272. The second-order valence-corrected chi connectivity index (χ2v) is 9.95. The summed E-state index contributed by atoms with van der Waals surface area (Å²) in [6.07, 6.45) is 2.57. The van der Waals surface area contributed by atoms with Gasteiger partial charge in [0.05, 0.1) is 0 Å². The molecule has 0 aliphatic carbocycles. The molecule has 0 unspecified atom stereocenters. The number of carbonyl (C=O) groups excluding carboxylic acids is 2.